The van der Waals surface area contributed by atoms with Crippen molar-refractivity contribution >= 4 is 0 Å². The predicted molar refractivity (Wildman–Crippen MR) is 94.7 cm³/mol. The van der Waals surface area contributed by atoms with Crippen LogP contribution < -0.4 is 0 Å². The summed E-state index contributed by atoms with van der Waals surface area (Å²) in [5.41, 5.74) is 0.724. The second-order valence-electron chi connectivity index (χ2n) is 8.41. The molecular formula is C20H30O5. The highest BCUT2D eigenvalue weighted by molar-refractivity contribution is 5.25. The van der Waals surface area contributed by atoms with E-state index >= 15 is 0 Å². The SMILES string of the molecule is C=C1C[C@@H](O)C2O[C@@]2(C)CC[C@@H]2/C(=C\C=C\C(C)(C)O)CO[C@H](O)[C@@H]12. The summed E-state index contributed by atoms with van der Waals surface area (Å²) in [6, 6.07) is 0. The number of allylic oxidation sites excluding steroid dienone is 2. The molecule has 140 valence electrons. The Kier molecular flexibility index (Phi) is 4.99. The van der Waals surface area contributed by atoms with E-state index in [9.17, 15) is 15.3 Å². The quantitative estimate of drug-likeness (QED) is 0.525. The molecule has 5 heteroatoms. The van der Waals surface area contributed by atoms with Crippen LogP contribution in [0.5, 0.6) is 0 Å². The molecule has 0 radical (unpaired) electrons. The van der Waals surface area contributed by atoms with E-state index in [2.05, 4.69) is 6.58 Å². The van der Waals surface area contributed by atoms with Crippen LogP contribution >= 0.6 is 0 Å². The minimum Gasteiger partial charge on any atom is -0.390 e. The Bertz CT molecular complexity index is 587. The second kappa shape index (κ2) is 6.63. The smallest absolute Gasteiger partial charge is 0.162 e. The van der Waals surface area contributed by atoms with Crippen molar-refractivity contribution in [2.45, 2.75) is 69.7 Å². The molecule has 3 fully saturated rings. The van der Waals surface area contributed by atoms with E-state index in [1.807, 2.05) is 19.1 Å². The predicted octanol–water partition coefficient (Wildman–Crippen LogP) is 2.08. The number of aliphatic hydroxyl groups excluding tert-OH is 2. The Morgan fingerprint density at radius 2 is 2.04 bits per heavy atom. The summed E-state index contributed by atoms with van der Waals surface area (Å²) < 4.78 is 11.3. The molecule has 1 aliphatic carbocycles. The molecule has 0 bridgehead atoms. The zero-order valence-electron chi connectivity index (χ0n) is 15.3. The van der Waals surface area contributed by atoms with E-state index in [0.29, 0.717) is 13.0 Å². The van der Waals surface area contributed by atoms with Crippen LogP contribution in [0.15, 0.2) is 36.0 Å². The summed E-state index contributed by atoms with van der Waals surface area (Å²) >= 11 is 0. The fourth-order valence-corrected chi connectivity index (χ4v) is 4.15. The first-order chi connectivity index (χ1) is 11.6. The van der Waals surface area contributed by atoms with Crippen molar-refractivity contribution in [2.24, 2.45) is 11.8 Å². The molecule has 0 aromatic carbocycles. The van der Waals surface area contributed by atoms with E-state index in [0.717, 1.165) is 24.0 Å². The number of hydrogen-bond donors (Lipinski definition) is 3. The van der Waals surface area contributed by atoms with Crippen molar-refractivity contribution in [2.75, 3.05) is 6.61 Å². The third kappa shape index (κ3) is 4.07. The Labute approximate surface area is 149 Å². The number of rotatable bonds is 2. The maximum absolute atomic E-state index is 10.4. The number of ether oxygens (including phenoxy) is 2. The van der Waals surface area contributed by atoms with Crippen LogP contribution in [0.2, 0.25) is 0 Å². The zero-order chi connectivity index (χ0) is 18.4. The summed E-state index contributed by atoms with van der Waals surface area (Å²) in [6.45, 7) is 9.97. The Balaban J connectivity index is 1.87. The number of epoxide rings is 1. The van der Waals surface area contributed by atoms with Gasteiger partial charge in [-0.25, -0.2) is 0 Å². The van der Waals surface area contributed by atoms with Gasteiger partial charge in [-0.1, -0.05) is 30.4 Å². The maximum atomic E-state index is 10.4. The number of hydrogen-bond acceptors (Lipinski definition) is 5. The van der Waals surface area contributed by atoms with E-state index in [1.165, 1.54) is 0 Å². The van der Waals surface area contributed by atoms with Gasteiger partial charge in [-0.3, -0.25) is 0 Å². The molecule has 2 heterocycles. The molecule has 1 unspecified atom stereocenters. The largest absolute Gasteiger partial charge is 0.390 e. The van der Waals surface area contributed by atoms with Gasteiger partial charge in [0.05, 0.1) is 23.9 Å². The van der Waals surface area contributed by atoms with Gasteiger partial charge in [0, 0.05) is 5.92 Å². The molecule has 0 aromatic heterocycles. The van der Waals surface area contributed by atoms with E-state index < -0.39 is 18.0 Å². The fourth-order valence-electron chi connectivity index (χ4n) is 4.15. The Hall–Kier alpha value is -0.980. The van der Waals surface area contributed by atoms with Crippen molar-refractivity contribution < 1.29 is 24.8 Å². The molecule has 0 aromatic rings. The third-order valence-electron chi connectivity index (χ3n) is 5.64. The molecule has 3 N–H and O–H groups in total. The minimum atomic E-state index is -0.900. The van der Waals surface area contributed by atoms with Gasteiger partial charge in [-0.15, -0.1) is 0 Å². The van der Waals surface area contributed by atoms with Crippen molar-refractivity contribution in [3.8, 4) is 0 Å². The lowest BCUT2D eigenvalue weighted by molar-refractivity contribution is -0.150. The van der Waals surface area contributed by atoms with Gasteiger partial charge in [-0.2, -0.15) is 0 Å². The van der Waals surface area contributed by atoms with Crippen LogP contribution in [0.3, 0.4) is 0 Å². The van der Waals surface area contributed by atoms with E-state index in [4.69, 9.17) is 9.47 Å². The van der Waals surface area contributed by atoms with Gasteiger partial charge in [0.1, 0.15) is 6.10 Å². The van der Waals surface area contributed by atoms with Gasteiger partial charge in [0.25, 0.3) is 0 Å². The summed E-state index contributed by atoms with van der Waals surface area (Å²) in [7, 11) is 0. The zero-order valence-corrected chi connectivity index (χ0v) is 15.3. The molecule has 2 saturated heterocycles. The highest BCUT2D eigenvalue weighted by atomic mass is 16.6. The molecule has 2 aliphatic heterocycles. The van der Waals surface area contributed by atoms with Crippen LogP contribution in [-0.2, 0) is 9.47 Å². The lowest BCUT2D eigenvalue weighted by Gasteiger charge is -2.39. The van der Waals surface area contributed by atoms with Gasteiger partial charge < -0.3 is 24.8 Å². The van der Waals surface area contributed by atoms with Crippen molar-refractivity contribution in [1.29, 1.82) is 0 Å². The lowest BCUT2D eigenvalue weighted by atomic mass is 9.75. The summed E-state index contributed by atoms with van der Waals surface area (Å²) in [5, 5.41) is 30.6. The van der Waals surface area contributed by atoms with Gasteiger partial charge in [-0.05, 0) is 51.5 Å². The first-order valence-corrected chi connectivity index (χ1v) is 9.04. The summed E-state index contributed by atoms with van der Waals surface area (Å²) in [5.74, 6) is -0.138. The van der Waals surface area contributed by atoms with E-state index in [-0.39, 0.29) is 23.5 Å². The van der Waals surface area contributed by atoms with Crippen molar-refractivity contribution in [3.05, 3.63) is 36.0 Å². The van der Waals surface area contributed by atoms with Gasteiger partial charge in [0.2, 0.25) is 0 Å². The molecule has 25 heavy (non-hydrogen) atoms. The average Bonchev–Trinajstić information content (AvgIpc) is 3.17. The number of aliphatic hydroxyl groups is 3. The Morgan fingerprint density at radius 1 is 1.32 bits per heavy atom. The van der Waals surface area contributed by atoms with Crippen LogP contribution in [0.1, 0.15) is 40.0 Å². The van der Waals surface area contributed by atoms with Crippen molar-refractivity contribution in [1.82, 2.24) is 0 Å². The third-order valence-corrected chi connectivity index (χ3v) is 5.64. The van der Waals surface area contributed by atoms with Crippen molar-refractivity contribution in [3.63, 3.8) is 0 Å². The molecule has 0 spiro atoms. The molecule has 3 aliphatic rings. The second-order valence-corrected chi connectivity index (χ2v) is 8.41. The molecule has 5 nitrogen and oxygen atoms in total. The van der Waals surface area contributed by atoms with Gasteiger partial charge in [0.15, 0.2) is 6.29 Å². The fraction of sp³-hybridized carbons (Fsp3) is 0.700. The first-order valence-electron chi connectivity index (χ1n) is 9.04. The normalized spacial score (nSPS) is 44.0. The van der Waals surface area contributed by atoms with Crippen LogP contribution in [0.4, 0.5) is 0 Å². The molecule has 3 rings (SSSR count). The molecule has 1 saturated carbocycles. The van der Waals surface area contributed by atoms with E-state index in [1.54, 1.807) is 19.9 Å². The molecule has 6 atom stereocenters. The van der Waals surface area contributed by atoms with Crippen LogP contribution in [0, 0.1) is 11.8 Å². The summed E-state index contributed by atoms with van der Waals surface area (Å²) in [4.78, 5) is 0. The minimum absolute atomic E-state index is 0.0923. The maximum Gasteiger partial charge on any atom is 0.162 e. The summed E-state index contributed by atoms with van der Waals surface area (Å²) in [6.07, 6.45) is 5.98. The first kappa shape index (κ1) is 18.8. The Morgan fingerprint density at radius 3 is 2.72 bits per heavy atom. The topological polar surface area (TPSA) is 82.5 Å². The standard InChI is InChI=1S/C20H30O5/c1-12-10-15(21)17-20(4,25-17)9-7-14-13(6-5-8-19(2,3)23)11-24-18(22)16(12)14/h5-6,8,14-18,21-23H,1,7,9-11H2,2-4H3/b8-5+,13-6-/t14-,15-,16+,17?,18+,20+/m1/s1. The molecule has 0 amide bonds. The average molecular weight is 350 g/mol. The molecular weight excluding hydrogens is 320 g/mol. The van der Waals surface area contributed by atoms with Crippen LogP contribution in [-0.4, -0.2) is 51.6 Å². The lowest BCUT2D eigenvalue weighted by Crippen LogP contribution is -2.39. The highest BCUT2D eigenvalue weighted by Gasteiger charge is 2.57. The van der Waals surface area contributed by atoms with Gasteiger partial charge >= 0.3 is 0 Å². The highest BCUT2D eigenvalue weighted by Crippen LogP contribution is 2.49. The number of fused-ring (bicyclic) bond motifs is 2. The monoisotopic (exact) mass is 350 g/mol. The van der Waals surface area contributed by atoms with Crippen LogP contribution in [0.25, 0.3) is 0 Å².